The Hall–Kier alpha value is -3.27. The van der Waals surface area contributed by atoms with E-state index in [4.69, 9.17) is 4.74 Å². The molecular weight excluding hydrogens is 416 g/mol. The van der Waals surface area contributed by atoms with Gasteiger partial charge in [-0.1, -0.05) is 10.6 Å². The predicted octanol–water partition coefficient (Wildman–Crippen LogP) is 2.85. The number of anilines is 1. The number of nitrogens with zero attached hydrogens (tertiary/aromatic N) is 4. The Morgan fingerprint density at radius 2 is 2.26 bits per heavy atom. The molecule has 1 fully saturated rings. The van der Waals surface area contributed by atoms with E-state index in [1.54, 1.807) is 4.90 Å². The van der Waals surface area contributed by atoms with Gasteiger partial charge in [0, 0.05) is 23.7 Å². The summed E-state index contributed by atoms with van der Waals surface area (Å²) >= 11 is 1.38. The smallest absolute Gasteiger partial charge is 0.414 e. The second kappa shape index (κ2) is 7.77. The summed E-state index contributed by atoms with van der Waals surface area (Å²) in [6, 6.07) is 6.02. The number of cyclic esters (lactones) is 1. The van der Waals surface area contributed by atoms with Crippen LogP contribution in [0, 0.1) is 6.92 Å². The second-order valence-electron chi connectivity index (χ2n) is 7.86. The molecule has 1 aliphatic heterocycles. The van der Waals surface area contributed by atoms with E-state index in [-0.39, 0.29) is 18.1 Å². The number of hydrogen-bond acceptors (Lipinski definition) is 7. The molecule has 0 radical (unpaired) electrons. The number of aromatic amines is 1. The first-order valence-electron chi connectivity index (χ1n) is 10.2. The van der Waals surface area contributed by atoms with Crippen molar-refractivity contribution in [3.8, 4) is 21.8 Å². The number of ether oxygens (including phenoxy) is 1. The maximum Gasteiger partial charge on any atom is 0.414 e. The van der Waals surface area contributed by atoms with Crippen molar-refractivity contribution in [3.05, 3.63) is 35.0 Å². The average Bonchev–Trinajstić information content (AvgIpc) is 3.42. The number of aromatic nitrogens is 4. The van der Waals surface area contributed by atoms with Crippen LogP contribution in [0.25, 0.3) is 21.8 Å². The van der Waals surface area contributed by atoms with Gasteiger partial charge in [0.25, 0.3) is 0 Å². The molecule has 3 heterocycles. The molecule has 3 aromatic rings. The Labute approximate surface area is 183 Å². The summed E-state index contributed by atoms with van der Waals surface area (Å²) in [5.41, 5.74) is 7.09. The van der Waals surface area contributed by atoms with E-state index in [1.165, 1.54) is 24.0 Å². The zero-order valence-corrected chi connectivity index (χ0v) is 18.1. The Balaban J connectivity index is 1.44. The van der Waals surface area contributed by atoms with Gasteiger partial charge in [0.05, 0.1) is 35.0 Å². The van der Waals surface area contributed by atoms with Gasteiger partial charge in [-0.2, -0.15) is 5.10 Å². The van der Waals surface area contributed by atoms with Crippen molar-refractivity contribution in [2.45, 2.75) is 39.2 Å². The van der Waals surface area contributed by atoms with Crippen LogP contribution >= 0.6 is 11.5 Å². The van der Waals surface area contributed by atoms with E-state index in [0.29, 0.717) is 13.1 Å². The van der Waals surface area contributed by atoms with Crippen molar-refractivity contribution in [1.82, 2.24) is 25.1 Å². The summed E-state index contributed by atoms with van der Waals surface area (Å²) in [5.74, 6) is -0.141. The molecule has 2 N–H and O–H groups in total. The van der Waals surface area contributed by atoms with Crippen LogP contribution in [-0.4, -0.2) is 51.0 Å². The number of carbonyl (C=O) groups excluding carboxylic acids is 2. The lowest BCUT2D eigenvalue weighted by Crippen LogP contribution is -2.33. The second-order valence-corrected chi connectivity index (χ2v) is 8.62. The first-order valence-corrected chi connectivity index (χ1v) is 11.0. The number of benzene rings is 1. The number of amides is 2. The molecule has 2 aliphatic rings. The fourth-order valence-electron chi connectivity index (χ4n) is 4.22. The number of nitrogens with one attached hydrogen (secondary N) is 2. The van der Waals surface area contributed by atoms with Gasteiger partial charge < -0.3 is 10.1 Å². The van der Waals surface area contributed by atoms with Crippen molar-refractivity contribution in [2.75, 3.05) is 18.0 Å². The standard InChI is InChI=1S/C21H22N6O3S/c1-11-20(31-26-23-11)19-17-5-3-4-13-8-14(6-7-16(13)18(17)24-25-19)27-10-15(30-21(27)29)9-22-12(2)28/h6-8,15H,3-5,9-10H2,1-2H3,(H,22,28)(H,24,25)/t15-/m0/s1. The van der Waals surface area contributed by atoms with Crippen LogP contribution in [0.2, 0.25) is 0 Å². The molecule has 0 unspecified atom stereocenters. The van der Waals surface area contributed by atoms with Crippen LogP contribution < -0.4 is 10.2 Å². The average molecular weight is 439 g/mol. The quantitative estimate of drug-likeness (QED) is 0.648. The van der Waals surface area contributed by atoms with Gasteiger partial charge in [-0.05, 0) is 55.4 Å². The summed E-state index contributed by atoms with van der Waals surface area (Å²) in [6.07, 6.45) is 2.05. The summed E-state index contributed by atoms with van der Waals surface area (Å²) < 4.78 is 9.46. The van der Waals surface area contributed by atoms with E-state index in [0.717, 1.165) is 58.0 Å². The highest BCUT2D eigenvalue weighted by atomic mass is 32.1. The number of H-pyrrole nitrogens is 1. The first kappa shape index (κ1) is 19.7. The minimum Gasteiger partial charge on any atom is -0.442 e. The molecular formula is C21H22N6O3S. The van der Waals surface area contributed by atoms with Gasteiger partial charge in [0.15, 0.2) is 0 Å². The van der Waals surface area contributed by atoms with E-state index < -0.39 is 0 Å². The minimum atomic E-state index is -0.389. The molecule has 160 valence electrons. The van der Waals surface area contributed by atoms with E-state index in [2.05, 4.69) is 31.2 Å². The van der Waals surface area contributed by atoms with Gasteiger partial charge in [-0.25, -0.2) is 4.79 Å². The largest absolute Gasteiger partial charge is 0.442 e. The van der Waals surface area contributed by atoms with Crippen molar-refractivity contribution in [1.29, 1.82) is 0 Å². The summed E-state index contributed by atoms with van der Waals surface area (Å²) in [5, 5.41) is 14.7. The molecule has 1 saturated heterocycles. The van der Waals surface area contributed by atoms with E-state index in [9.17, 15) is 9.59 Å². The topological polar surface area (TPSA) is 113 Å². The van der Waals surface area contributed by atoms with Gasteiger partial charge in [-0.3, -0.25) is 14.8 Å². The summed E-state index contributed by atoms with van der Waals surface area (Å²) in [7, 11) is 0. The molecule has 2 aromatic heterocycles. The molecule has 0 spiro atoms. The number of aryl methyl sites for hydroxylation is 2. The first-order chi connectivity index (χ1) is 15.0. The minimum absolute atomic E-state index is 0.141. The molecule has 1 aromatic carbocycles. The highest BCUT2D eigenvalue weighted by molar-refractivity contribution is 7.09. The normalized spacial score (nSPS) is 17.7. The highest BCUT2D eigenvalue weighted by Crippen LogP contribution is 2.39. The fraction of sp³-hybridized carbons (Fsp3) is 0.381. The number of fused-ring (bicyclic) bond motifs is 3. The molecule has 31 heavy (non-hydrogen) atoms. The third-order valence-electron chi connectivity index (χ3n) is 5.73. The third-order valence-corrected chi connectivity index (χ3v) is 6.57. The van der Waals surface area contributed by atoms with Crippen LogP contribution in [0.4, 0.5) is 10.5 Å². The summed E-state index contributed by atoms with van der Waals surface area (Å²) in [6.45, 7) is 4.13. The molecule has 10 heteroatoms. The van der Waals surface area contributed by atoms with Gasteiger partial charge in [0.2, 0.25) is 5.91 Å². The SMILES string of the molecule is CC(=O)NC[C@H]1CN(c2ccc3c(c2)CCCc2c-3n[nH]c2-c2snnc2C)C(=O)O1. The van der Waals surface area contributed by atoms with Crippen LogP contribution in [0.5, 0.6) is 0 Å². The zero-order chi connectivity index (χ0) is 21.5. The lowest BCUT2D eigenvalue weighted by Gasteiger charge is -2.16. The Morgan fingerprint density at radius 1 is 1.39 bits per heavy atom. The lowest BCUT2D eigenvalue weighted by molar-refractivity contribution is -0.119. The number of carbonyl (C=O) groups is 2. The maximum atomic E-state index is 12.4. The third kappa shape index (κ3) is 3.56. The Bertz CT molecular complexity index is 1170. The fourth-order valence-corrected chi connectivity index (χ4v) is 4.90. The summed E-state index contributed by atoms with van der Waals surface area (Å²) in [4.78, 5) is 26.2. The molecule has 0 saturated carbocycles. The zero-order valence-electron chi connectivity index (χ0n) is 17.3. The number of rotatable bonds is 4. The lowest BCUT2D eigenvalue weighted by atomic mass is 10.0. The van der Waals surface area contributed by atoms with E-state index >= 15 is 0 Å². The van der Waals surface area contributed by atoms with Crippen LogP contribution in [0.1, 0.15) is 30.2 Å². The van der Waals surface area contributed by atoms with Crippen molar-refractivity contribution >= 4 is 29.2 Å². The monoisotopic (exact) mass is 438 g/mol. The molecule has 1 aliphatic carbocycles. The highest BCUT2D eigenvalue weighted by Gasteiger charge is 2.33. The molecule has 5 rings (SSSR count). The molecule has 9 nitrogen and oxygen atoms in total. The maximum absolute atomic E-state index is 12.4. The molecule has 0 bridgehead atoms. The number of hydrogen-bond donors (Lipinski definition) is 2. The van der Waals surface area contributed by atoms with Crippen molar-refractivity contribution in [3.63, 3.8) is 0 Å². The van der Waals surface area contributed by atoms with Crippen LogP contribution in [-0.2, 0) is 22.4 Å². The van der Waals surface area contributed by atoms with Gasteiger partial charge in [0.1, 0.15) is 6.10 Å². The van der Waals surface area contributed by atoms with Crippen molar-refractivity contribution in [2.24, 2.45) is 0 Å². The van der Waals surface area contributed by atoms with Gasteiger partial charge in [-0.15, -0.1) is 5.10 Å². The predicted molar refractivity (Wildman–Crippen MR) is 116 cm³/mol. The molecule has 1 atom stereocenters. The van der Waals surface area contributed by atoms with E-state index in [1.807, 2.05) is 19.1 Å². The Kier molecular flexibility index (Phi) is 4.93. The van der Waals surface area contributed by atoms with Crippen LogP contribution in [0.3, 0.4) is 0 Å². The van der Waals surface area contributed by atoms with Gasteiger partial charge >= 0.3 is 6.09 Å². The Morgan fingerprint density at radius 3 is 3.03 bits per heavy atom. The van der Waals surface area contributed by atoms with Crippen LogP contribution in [0.15, 0.2) is 18.2 Å². The molecule has 2 amide bonds. The van der Waals surface area contributed by atoms with Crippen molar-refractivity contribution < 1.29 is 14.3 Å².